The predicted octanol–water partition coefficient (Wildman–Crippen LogP) is 2.70. The fourth-order valence-corrected chi connectivity index (χ4v) is 3.20. The molecule has 0 bridgehead atoms. The van der Waals surface area contributed by atoms with E-state index in [1.54, 1.807) is 18.3 Å². The van der Waals surface area contributed by atoms with Crippen molar-refractivity contribution >= 4 is 44.4 Å². The molecule has 4 aromatic heterocycles. The first-order chi connectivity index (χ1) is 10.2. The Morgan fingerprint density at radius 2 is 2.24 bits per heavy atom. The summed E-state index contributed by atoms with van der Waals surface area (Å²) < 4.78 is 6.52. The predicted molar refractivity (Wildman–Crippen MR) is 79.8 cm³/mol. The van der Waals surface area contributed by atoms with Crippen LogP contribution >= 0.6 is 22.9 Å². The van der Waals surface area contributed by atoms with Crippen molar-refractivity contribution in [3.05, 3.63) is 51.3 Å². The minimum Gasteiger partial charge on any atom is -0.406 e. The standard InChI is InChI=1S/C13H7ClN4O2S/c14-10-7-3-5-21-12(7)17-9(16-10)6-18-11-8(20-13(18)19)2-1-4-15-11/h1-5H,6H2. The number of pyridine rings is 1. The van der Waals surface area contributed by atoms with Gasteiger partial charge in [0.2, 0.25) is 0 Å². The third-order valence-corrected chi connectivity index (χ3v) is 4.14. The summed E-state index contributed by atoms with van der Waals surface area (Å²) in [6, 6.07) is 5.27. The minimum atomic E-state index is -0.491. The molecule has 0 radical (unpaired) electrons. The largest absolute Gasteiger partial charge is 0.421 e. The van der Waals surface area contributed by atoms with Crippen molar-refractivity contribution in [3.63, 3.8) is 0 Å². The second kappa shape index (κ2) is 4.64. The highest BCUT2D eigenvalue weighted by atomic mass is 35.5. The van der Waals surface area contributed by atoms with Crippen LogP contribution in [0, 0.1) is 0 Å². The number of oxazole rings is 1. The molecule has 4 aromatic rings. The molecule has 0 aliphatic heterocycles. The van der Waals surface area contributed by atoms with E-state index in [9.17, 15) is 4.79 Å². The number of thiophene rings is 1. The van der Waals surface area contributed by atoms with E-state index in [2.05, 4.69) is 15.0 Å². The summed E-state index contributed by atoms with van der Waals surface area (Å²) in [4.78, 5) is 25.5. The molecule has 0 saturated heterocycles. The van der Waals surface area contributed by atoms with Crippen LogP contribution in [0.3, 0.4) is 0 Å². The first kappa shape index (κ1) is 12.5. The number of hydrogen-bond acceptors (Lipinski definition) is 6. The first-order valence-electron chi connectivity index (χ1n) is 6.06. The summed E-state index contributed by atoms with van der Waals surface area (Å²) in [5, 5.41) is 3.09. The maximum atomic E-state index is 11.9. The minimum absolute atomic E-state index is 0.163. The topological polar surface area (TPSA) is 73.8 Å². The van der Waals surface area contributed by atoms with Crippen LogP contribution in [0.2, 0.25) is 5.15 Å². The Morgan fingerprint density at radius 1 is 1.33 bits per heavy atom. The number of fused-ring (bicyclic) bond motifs is 2. The molecule has 0 N–H and O–H groups in total. The number of nitrogens with zero attached hydrogens (tertiary/aromatic N) is 4. The van der Waals surface area contributed by atoms with Gasteiger partial charge >= 0.3 is 5.76 Å². The van der Waals surface area contributed by atoms with E-state index >= 15 is 0 Å². The molecule has 0 fully saturated rings. The Kier molecular flexibility index (Phi) is 2.76. The molecule has 0 spiro atoms. The van der Waals surface area contributed by atoms with Crippen LogP contribution in [0.5, 0.6) is 0 Å². The van der Waals surface area contributed by atoms with E-state index in [0.717, 1.165) is 10.2 Å². The monoisotopic (exact) mass is 318 g/mol. The zero-order valence-electron chi connectivity index (χ0n) is 10.5. The van der Waals surface area contributed by atoms with Crippen LogP contribution in [-0.4, -0.2) is 19.5 Å². The highest BCUT2D eigenvalue weighted by Gasteiger charge is 2.13. The number of aromatic nitrogens is 4. The molecule has 0 unspecified atom stereocenters. The molecule has 0 aromatic carbocycles. The van der Waals surface area contributed by atoms with Crippen molar-refractivity contribution in [3.8, 4) is 0 Å². The van der Waals surface area contributed by atoms with E-state index in [1.807, 2.05) is 11.4 Å². The van der Waals surface area contributed by atoms with Gasteiger partial charge in [-0.15, -0.1) is 11.3 Å². The van der Waals surface area contributed by atoms with E-state index in [1.165, 1.54) is 15.9 Å². The summed E-state index contributed by atoms with van der Waals surface area (Å²) in [5.41, 5.74) is 0.902. The Morgan fingerprint density at radius 3 is 3.14 bits per heavy atom. The molecule has 6 nitrogen and oxygen atoms in total. The summed E-state index contributed by atoms with van der Waals surface area (Å²) in [6.07, 6.45) is 1.60. The molecular weight excluding hydrogens is 312 g/mol. The first-order valence-corrected chi connectivity index (χ1v) is 7.32. The van der Waals surface area contributed by atoms with Crippen LogP contribution in [0.1, 0.15) is 5.82 Å². The second-order valence-corrected chi connectivity index (χ2v) is 5.60. The van der Waals surface area contributed by atoms with E-state index in [-0.39, 0.29) is 6.54 Å². The van der Waals surface area contributed by atoms with Crippen LogP contribution in [0.4, 0.5) is 0 Å². The zero-order valence-corrected chi connectivity index (χ0v) is 12.1. The summed E-state index contributed by atoms with van der Waals surface area (Å²) in [5.74, 6) is -0.0416. The third kappa shape index (κ3) is 2.01. The van der Waals surface area contributed by atoms with Gasteiger partial charge < -0.3 is 4.42 Å². The third-order valence-electron chi connectivity index (χ3n) is 3.05. The Hall–Kier alpha value is -2.25. The van der Waals surface area contributed by atoms with E-state index in [4.69, 9.17) is 16.0 Å². The van der Waals surface area contributed by atoms with E-state index in [0.29, 0.717) is 22.2 Å². The maximum Gasteiger partial charge on any atom is 0.421 e. The van der Waals surface area contributed by atoms with Crippen molar-refractivity contribution in [1.82, 2.24) is 19.5 Å². The lowest BCUT2D eigenvalue weighted by Gasteiger charge is -2.02. The van der Waals surface area contributed by atoms with Crippen LogP contribution < -0.4 is 5.76 Å². The SMILES string of the molecule is O=c1oc2cccnc2n1Cc1nc(Cl)c2ccsc2n1. The van der Waals surface area contributed by atoms with E-state index < -0.39 is 5.76 Å². The Balaban J connectivity index is 1.86. The normalized spacial score (nSPS) is 11.5. The zero-order chi connectivity index (χ0) is 14.4. The van der Waals surface area contributed by atoms with Crippen molar-refractivity contribution in [1.29, 1.82) is 0 Å². The summed E-state index contributed by atoms with van der Waals surface area (Å²) in [7, 11) is 0. The fourth-order valence-electron chi connectivity index (χ4n) is 2.11. The van der Waals surface area contributed by atoms with Gasteiger partial charge in [0, 0.05) is 11.6 Å². The van der Waals surface area contributed by atoms with Gasteiger partial charge in [-0.3, -0.25) is 4.57 Å². The second-order valence-electron chi connectivity index (χ2n) is 4.35. The Bertz CT molecular complexity index is 1020. The molecule has 0 atom stereocenters. The molecule has 0 aliphatic rings. The van der Waals surface area contributed by atoms with Crippen molar-refractivity contribution in [2.24, 2.45) is 0 Å². The van der Waals surface area contributed by atoms with Crippen molar-refractivity contribution < 1.29 is 4.42 Å². The fraction of sp³-hybridized carbons (Fsp3) is 0.0769. The maximum absolute atomic E-state index is 11.9. The number of hydrogen-bond donors (Lipinski definition) is 0. The summed E-state index contributed by atoms with van der Waals surface area (Å²) in [6.45, 7) is 0.163. The molecule has 0 amide bonds. The summed E-state index contributed by atoms with van der Waals surface area (Å²) >= 11 is 7.60. The lowest BCUT2D eigenvalue weighted by molar-refractivity contribution is 0.514. The Labute approximate surface area is 126 Å². The van der Waals surface area contributed by atoms with Crippen LogP contribution in [-0.2, 0) is 6.54 Å². The molecule has 8 heteroatoms. The quantitative estimate of drug-likeness (QED) is 0.531. The van der Waals surface area contributed by atoms with Gasteiger partial charge in [0.15, 0.2) is 17.1 Å². The van der Waals surface area contributed by atoms with Crippen molar-refractivity contribution in [2.45, 2.75) is 6.54 Å². The lowest BCUT2D eigenvalue weighted by atomic mass is 10.4. The highest BCUT2D eigenvalue weighted by Crippen LogP contribution is 2.25. The van der Waals surface area contributed by atoms with Gasteiger partial charge in [0.25, 0.3) is 0 Å². The smallest absolute Gasteiger partial charge is 0.406 e. The van der Waals surface area contributed by atoms with Crippen LogP contribution in [0.25, 0.3) is 21.4 Å². The molecular formula is C13H7ClN4O2S. The van der Waals surface area contributed by atoms with Gasteiger partial charge in [0.05, 0.1) is 6.54 Å². The van der Waals surface area contributed by atoms with Gasteiger partial charge in [-0.1, -0.05) is 11.6 Å². The van der Waals surface area contributed by atoms with Crippen molar-refractivity contribution in [2.75, 3.05) is 0 Å². The van der Waals surface area contributed by atoms with Crippen LogP contribution in [0.15, 0.2) is 39.0 Å². The average molecular weight is 319 g/mol. The molecule has 4 heterocycles. The average Bonchev–Trinajstić information content (AvgIpc) is 3.05. The van der Waals surface area contributed by atoms with Gasteiger partial charge in [-0.05, 0) is 23.6 Å². The number of rotatable bonds is 2. The lowest BCUT2D eigenvalue weighted by Crippen LogP contribution is -2.17. The molecule has 0 aliphatic carbocycles. The molecule has 21 heavy (non-hydrogen) atoms. The molecule has 0 saturated carbocycles. The van der Waals surface area contributed by atoms with Gasteiger partial charge in [-0.2, -0.15) is 0 Å². The number of halogens is 1. The highest BCUT2D eigenvalue weighted by molar-refractivity contribution is 7.16. The van der Waals surface area contributed by atoms with Gasteiger partial charge in [-0.25, -0.2) is 19.7 Å². The van der Waals surface area contributed by atoms with Gasteiger partial charge in [0.1, 0.15) is 9.98 Å². The molecule has 104 valence electrons. The molecule has 4 rings (SSSR count).